The van der Waals surface area contributed by atoms with E-state index in [1.165, 1.54) is 36.0 Å². The van der Waals surface area contributed by atoms with Gasteiger partial charge in [0.15, 0.2) is 11.0 Å². The molecule has 0 aliphatic carbocycles. The molecule has 174 valence electrons. The van der Waals surface area contributed by atoms with Gasteiger partial charge in [-0.2, -0.15) is 0 Å². The van der Waals surface area contributed by atoms with Gasteiger partial charge in [0.2, 0.25) is 5.91 Å². The molecule has 0 radical (unpaired) electrons. The Morgan fingerprint density at radius 2 is 1.94 bits per heavy atom. The lowest BCUT2D eigenvalue weighted by molar-refractivity contribution is -0.384. The Labute approximate surface area is 196 Å². The Balaban J connectivity index is 1.61. The first-order chi connectivity index (χ1) is 15.8. The molecule has 0 aliphatic heterocycles. The van der Waals surface area contributed by atoms with Crippen molar-refractivity contribution in [2.24, 2.45) is 0 Å². The first kappa shape index (κ1) is 24.2. The van der Waals surface area contributed by atoms with E-state index in [2.05, 4.69) is 41.5 Å². The number of amides is 1. The predicted octanol–water partition coefficient (Wildman–Crippen LogP) is 4.95. The van der Waals surface area contributed by atoms with E-state index in [1.54, 1.807) is 0 Å². The number of non-ortho nitro benzene ring substituents is 1. The molecule has 0 bridgehead atoms. The number of nitrogens with zero attached hydrogens (tertiary/aromatic N) is 4. The Morgan fingerprint density at radius 3 is 2.58 bits per heavy atom. The van der Waals surface area contributed by atoms with Crippen LogP contribution in [0, 0.1) is 17.0 Å². The number of rotatable bonds is 10. The van der Waals surface area contributed by atoms with E-state index in [0.29, 0.717) is 29.1 Å². The second-order valence-electron chi connectivity index (χ2n) is 7.77. The Bertz CT molecular complexity index is 1130. The maximum atomic E-state index is 12.3. The second-order valence-corrected chi connectivity index (χ2v) is 8.71. The van der Waals surface area contributed by atoms with Crippen molar-refractivity contribution in [1.82, 2.24) is 14.8 Å². The zero-order valence-electron chi connectivity index (χ0n) is 19.1. The van der Waals surface area contributed by atoms with Crippen LogP contribution in [0.5, 0.6) is 5.75 Å². The number of aryl methyl sites for hydroxylation is 1. The molecule has 0 aliphatic rings. The van der Waals surface area contributed by atoms with Crippen molar-refractivity contribution < 1.29 is 14.5 Å². The number of nitro groups is 1. The molecule has 1 amide bonds. The van der Waals surface area contributed by atoms with E-state index in [4.69, 9.17) is 4.74 Å². The molecule has 0 saturated carbocycles. The Hall–Kier alpha value is -3.40. The number of ether oxygens (including phenoxy) is 1. The van der Waals surface area contributed by atoms with Gasteiger partial charge >= 0.3 is 0 Å². The van der Waals surface area contributed by atoms with Crippen LogP contribution in [-0.4, -0.2) is 31.3 Å². The maximum Gasteiger partial charge on any atom is 0.269 e. The molecule has 1 N–H and O–H groups in total. The van der Waals surface area contributed by atoms with Crippen molar-refractivity contribution in [3.8, 4) is 5.75 Å². The Kier molecular flexibility index (Phi) is 8.05. The van der Waals surface area contributed by atoms with Gasteiger partial charge in [0.25, 0.3) is 5.69 Å². The van der Waals surface area contributed by atoms with Gasteiger partial charge in [-0.1, -0.05) is 37.7 Å². The summed E-state index contributed by atoms with van der Waals surface area (Å²) in [6, 6.07) is 11.9. The van der Waals surface area contributed by atoms with E-state index in [0.717, 1.165) is 16.9 Å². The fraction of sp³-hybridized carbons (Fsp3) is 0.348. The minimum absolute atomic E-state index is 0.0284. The summed E-state index contributed by atoms with van der Waals surface area (Å²) in [5.74, 6) is 1.76. The van der Waals surface area contributed by atoms with E-state index in [-0.39, 0.29) is 24.0 Å². The topological polar surface area (TPSA) is 112 Å². The van der Waals surface area contributed by atoms with Gasteiger partial charge in [-0.15, -0.1) is 10.2 Å². The number of hydrogen-bond donors (Lipinski definition) is 1. The molecule has 10 heteroatoms. The number of nitrogens with one attached hydrogen (secondary N) is 1. The molecule has 0 unspecified atom stereocenters. The SMILES string of the molecule is CCn1c(COc2cc(C)ccc2C(C)C)nnc1SCC(=O)Nc1ccc([N+](=O)[O-])cc1. The van der Waals surface area contributed by atoms with Gasteiger partial charge in [0, 0.05) is 24.4 Å². The lowest BCUT2D eigenvalue weighted by Crippen LogP contribution is -2.15. The molecule has 2 aromatic carbocycles. The van der Waals surface area contributed by atoms with Gasteiger partial charge in [0.1, 0.15) is 12.4 Å². The molecule has 0 saturated heterocycles. The van der Waals surface area contributed by atoms with Gasteiger partial charge in [-0.05, 0) is 49.1 Å². The fourth-order valence-electron chi connectivity index (χ4n) is 3.23. The van der Waals surface area contributed by atoms with E-state index < -0.39 is 4.92 Å². The summed E-state index contributed by atoms with van der Waals surface area (Å²) in [7, 11) is 0. The van der Waals surface area contributed by atoms with Gasteiger partial charge < -0.3 is 14.6 Å². The number of hydrogen-bond acceptors (Lipinski definition) is 7. The van der Waals surface area contributed by atoms with Crippen molar-refractivity contribution in [3.05, 3.63) is 69.5 Å². The molecule has 1 aromatic heterocycles. The molecule has 3 aromatic rings. The second kappa shape index (κ2) is 11.0. The van der Waals surface area contributed by atoms with Crippen LogP contribution in [0.25, 0.3) is 0 Å². The van der Waals surface area contributed by atoms with Crippen LogP contribution < -0.4 is 10.1 Å². The molecule has 3 rings (SSSR count). The third kappa shape index (κ3) is 6.32. The zero-order chi connectivity index (χ0) is 24.0. The number of benzene rings is 2. The van der Waals surface area contributed by atoms with Crippen LogP contribution in [-0.2, 0) is 17.9 Å². The molecule has 0 spiro atoms. The third-order valence-electron chi connectivity index (χ3n) is 4.95. The highest BCUT2D eigenvalue weighted by atomic mass is 32.2. The monoisotopic (exact) mass is 469 g/mol. The number of carbonyl (C=O) groups is 1. The summed E-state index contributed by atoms with van der Waals surface area (Å²) >= 11 is 1.27. The number of carbonyl (C=O) groups excluding carboxylic acids is 1. The lowest BCUT2D eigenvalue weighted by atomic mass is 10.0. The molecule has 9 nitrogen and oxygen atoms in total. The van der Waals surface area contributed by atoms with E-state index in [9.17, 15) is 14.9 Å². The smallest absolute Gasteiger partial charge is 0.269 e. The van der Waals surface area contributed by atoms with Crippen LogP contribution >= 0.6 is 11.8 Å². The zero-order valence-corrected chi connectivity index (χ0v) is 19.9. The molecule has 0 atom stereocenters. The molecular formula is C23H27N5O4S. The van der Waals surface area contributed by atoms with Crippen molar-refractivity contribution in [3.63, 3.8) is 0 Å². The largest absolute Gasteiger partial charge is 0.485 e. The number of anilines is 1. The van der Waals surface area contributed by atoms with Crippen molar-refractivity contribution in [2.45, 2.75) is 51.9 Å². The van der Waals surface area contributed by atoms with Gasteiger partial charge in [-0.25, -0.2) is 0 Å². The fourth-order valence-corrected chi connectivity index (χ4v) is 4.05. The average molecular weight is 470 g/mol. The third-order valence-corrected chi connectivity index (χ3v) is 5.92. The molecule has 33 heavy (non-hydrogen) atoms. The average Bonchev–Trinajstić information content (AvgIpc) is 3.18. The minimum atomic E-state index is -0.483. The van der Waals surface area contributed by atoms with Crippen molar-refractivity contribution >= 4 is 29.0 Å². The van der Waals surface area contributed by atoms with Crippen molar-refractivity contribution in [1.29, 1.82) is 0 Å². The number of nitro benzene ring substituents is 1. The van der Waals surface area contributed by atoms with Crippen LogP contribution in [0.1, 0.15) is 43.6 Å². The molecule has 1 heterocycles. The summed E-state index contributed by atoms with van der Waals surface area (Å²) in [6.07, 6.45) is 0. The summed E-state index contributed by atoms with van der Waals surface area (Å²) in [6.45, 7) is 9.19. The van der Waals surface area contributed by atoms with Crippen LogP contribution in [0.2, 0.25) is 0 Å². The van der Waals surface area contributed by atoms with Crippen LogP contribution in [0.15, 0.2) is 47.6 Å². The highest BCUT2D eigenvalue weighted by Gasteiger charge is 2.16. The molecular weight excluding hydrogens is 442 g/mol. The quantitative estimate of drug-likeness (QED) is 0.254. The van der Waals surface area contributed by atoms with Crippen molar-refractivity contribution in [2.75, 3.05) is 11.1 Å². The first-order valence-electron chi connectivity index (χ1n) is 10.6. The first-order valence-corrected chi connectivity index (χ1v) is 11.6. The lowest BCUT2D eigenvalue weighted by Gasteiger charge is -2.15. The summed E-state index contributed by atoms with van der Waals surface area (Å²) < 4.78 is 8.02. The molecule has 0 fully saturated rings. The van der Waals surface area contributed by atoms with E-state index in [1.807, 2.05) is 24.5 Å². The minimum Gasteiger partial charge on any atom is -0.485 e. The highest BCUT2D eigenvalue weighted by Crippen LogP contribution is 2.28. The summed E-state index contributed by atoms with van der Waals surface area (Å²) in [4.78, 5) is 22.6. The van der Waals surface area contributed by atoms with Gasteiger partial charge in [-0.3, -0.25) is 14.9 Å². The number of aromatic nitrogens is 3. The number of thioether (sulfide) groups is 1. The summed E-state index contributed by atoms with van der Waals surface area (Å²) in [5.41, 5.74) is 2.73. The van der Waals surface area contributed by atoms with E-state index >= 15 is 0 Å². The van der Waals surface area contributed by atoms with Crippen LogP contribution in [0.3, 0.4) is 0 Å². The maximum absolute atomic E-state index is 12.3. The Morgan fingerprint density at radius 1 is 1.21 bits per heavy atom. The summed E-state index contributed by atoms with van der Waals surface area (Å²) in [5, 5.41) is 22.6. The van der Waals surface area contributed by atoms with Crippen LogP contribution in [0.4, 0.5) is 11.4 Å². The predicted molar refractivity (Wildman–Crippen MR) is 128 cm³/mol. The highest BCUT2D eigenvalue weighted by molar-refractivity contribution is 7.99. The normalized spacial score (nSPS) is 10.9. The van der Waals surface area contributed by atoms with Gasteiger partial charge in [0.05, 0.1) is 10.7 Å². The standard InChI is InChI=1S/C23H27N5O4S/c1-5-27-21(13-32-20-12-16(4)6-11-19(20)15(2)3)25-26-23(27)33-14-22(29)24-17-7-9-18(10-8-17)28(30)31/h6-12,15H,5,13-14H2,1-4H3,(H,24,29).